The van der Waals surface area contributed by atoms with E-state index in [1.807, 2.05) is 19.9 Å². The monoisotopic (exact) mass is 251 g/mol. The predicted molar refractivity (Wildman–Crippen MR) is 69.2 cm³/mol. The molecular formula is C13H17NO2S. The third-order valence-corrected chi connectivity index (χ3v) is 3.97. The van der Waals surface area contributed by atoms with Gasteiger partial charge in [0.15, 0.2) is 0 Å². The zero-order valence-electron chi connectivity index (χ0n) is 10.4. The molecule has 1 N–H and O–H groups in total. The SMILES string of the molecule is CC#CCCNS(=O)(=O)c1ccc(C)c(C)c1. The Kier molecular flexibility index (Phi) is 4.73. The largest absolute Gasteiger partial charge is 0.240 e. The van der Waals surface area contributed by atoms with Crippen molar-refractivity contribution in [2.45, 2.75) is 32.1 Å². The third kappa shape index (κ3) is 3.88. The molecule has 0 spiro atoms. The molecule has 0 aliphatic carbocycles. The summed E-state index contributed by atoms with van der Waals surface area (Å²) in [7, 11) is -3.40. The maximum atomic E-state index is 11.9. The van der Waals surface area contributed by atoms with E-state index in [0.29, 0.717) is 17.9 Å². The second kappa shape index (κ2) is 5.85. The summed E-state index contributed by atoms with van der Waals surface area (Å²) in [5.41, 5.74) is 2.06. The van der Waals surface area contributed by atoms with Crippen molar-refractivity contribution >= 4 is 10.0 Å². The van der Waals surface area contributed by atoms with Crippen LogP contribution in [-0.4, -0.2) is 15.0 Å². The first-order chi connectivity index (χ1) is 7.97. The highest BCUT2D eigenvalue weighted by Crippen LogP contribution is 2.14. The van der Waals surface area contributed by atoms with Crippen LogP contribution in [0.4, 0.5) is 0 Å². The molecule has 4 heteroatoms. The van der Waals surface area contributed by atoms with E-state index in [1.54, 1.807) is 19.1 Å². The van der Waals surface area contributed by atoms with E-state index in [4.69, 9.17) is 0 Å². The molecule has 0 saturated carbocycles. The van der Waals surface area contributed by atoms with Gasteiger partial charge in [0.25, 0.3) is 0 Å². The van der Waals surface area contributed by atoms with E-state index >= 15 is 0 Å². The van der Waals surface area contributed by atoms with Crippen molar-refractivity contribution in [2.75, 3.05) is 6.54 Å². The topological polar surface area (TPSA) is 46.2 Å². The molecule has 0 aliphatic heterocycles. The standard InChI is InChI=1S/C13H17NO2S/c1-4-5-6-9-14-17(15,16)13-8-7-11(2)12(3)10-13/h7-8,10,14H,6,9H2,1-3H3. The van der Waals surface area contributed by atoms with Gasteiger partial charge in [0.1, 0.15) is 0 Å². The van der Waals surface area contributed by atoms with Crippen LogP contribution >= 0.6 is 0 Å². The highest BCUT2D eigenvalue weighted by molar-refractivity contribution is 7.89. The van der Waals surface area contributed by atoms with Crippen LogP contribution in [0, 0.1) is 25.7 Å². The van der Waals surface area contributed by atoms with Crippen molar-refractivity contribution in [1.29, 1.82) is 0 Å². The fraction of sp³-hybridized carbons (Fsp3) is 0.385. The van der Waals surface area contributed by atoms with Gasteiger partial charge in [-0.3, -0.25) is 0 Å². The Morgan fingerprint density at radius 1 is 1.24 bits per heavy atom. The zero-order valence-corrected chi connectivity index (χ0v) is 11.2. The molecule has 1 aromatic carbocycles. The first-order valence-electron chi connectivity index (χ1n) is 5.44. The molecule has 92 valence electrons. The molecule has 1 rings (SSSR count). The van der Waals surface area contributed by atoms with E-state index in [9.17, 15) is 8.42 Å². The summed E-state index contributed by atoms with van der Waals surface area (Å²) in [5, 5.41) is 0. The Hall–Kier alpha value is -1.31. The lowest BCUT2D eigenvalue weighted by Gasteiger charge is -2.07. The van der Waals surface area contributed by atoms with Crippen molar-refractivity contribution in [1.82, 2.24) is 4.72 Å². The fourth-order valence-electron chi connectivity index (χ4n) is 1.34. The lowest BCUT2D eigenvalue weighted by Crippen LogP contribution is -2.24. The lowest BCUT2D eigenvalue weighted by molar-refractivity contribution is 0.582. The minimum atomic E-state index is -3.40. The summed E-state index contributed by atoms with van der Waals surface area (Å²) in [6, 6.07) is 5.12. The number of rotatable bonds is 4. The number of nitrogens with one attached hydrogen (secondary N) is 1. The normalized spacial score (nSPS) is 10.8. The smallest absolute Gasteiger partial charge is 0.210 e. The highest BCUT2D eigenvalue weighted by Gasteiger charge is 2.13. The number of benzene rings is 1. The average Bonchev–Trinajstić information content (AvgIpc) is 2.28. The fourth-order valence-corrected chi connectivity index (χ4v) is 2.45. The third-order valence-electron chi connectivity index (χ3n) is 2.51. The van der Waals surface area contributed by atoms with Crippen molar-refractivity contribution in [3.63, 3.8) is 0 Å². The molecule has 17 heavy (non-hydrogen) atoms. The van der Waals surface area contributed by atoms with Crippen LogP contribution in [0.25, 0.3) is 0 Å². The Bertz CT molecular complexity index is 551. The van der Waals surface area contributed by atoms with Gasteiger partial charge in [-0.2, -0.15) is 0 Å². The average molecular weight is 251 g/mol. The van der Waals surface area contributed by atoms with Gasteiger partial charge in [0.2, 0.25) is 10.0 Å². The summed E-state index contributed by atoms with van der Waals surface area (Å²) in [6.07, 6.45) is 0.528. The molecule has 0 unspecified atom stereocenters. The maximum absolute atomic E-state index is 11.9. The molecular weight excluding hydrogens is 234 g/mol. The summed E-state index contributed by atoms with van der Waals surface area (Å²) >= 11 is 0. The lowest BCUT2D eigenvalue weighted by atomic mass is 10.1. The highest BCUT2D eigenvalue weighted by atomic mass is 32.2. The van der Waals surface area contributed by atoms with Gasteiger partial charge in [0.05, 0.1) is 4.90 Å². The van der Waals surface area contributed by atoms with E-state index in [0.717, 1.165) is 11.1 Å². The summed E-state index contributed by atoms with van der Waals surface area (Å²) < 4.78 is 26.3. The number of sulfonamides is 1. The van der Waals surface area contributed by atoms with Gasteiger partial charge < -0.3 is 0 Å². The quantitative estimate of drug-likeness (QED) is 0.657. The molecule has 0 atom stereocenters. The Labute approximate surface area is 103 Å². The van der Waals surface area contributed by atoms with Gasteiger partial charge >= 0.3 is 0 Å². The first kappa shape index (κ1) is 13.8. The summed E-state index contributed by atoms with van der Waals surface area (Å²) in [5.74, 6) is 5.54. The molecule has 0 bridgehead atoms. The van der Waals surface area contributed by atoms with E-state index in [2.05, 4.69) is 16.6 Å². The summed E-state index contributed by atoms with van der Waals surface area (Å²) in [4.78, 5) is 0.310. The molecule has 1 aromatic rings. The molecule has 0 amide bonds. The Balaban J connectivity index is 2.81. The molecule has 0 radical (unpaired) electrons. The van der Waals surface area contributed by atoms with Crippen LogP contribution in [0.2, 0.25) is 0 Å². The van der Waals surface area contributed by atoms with Crippen LogP contribution in [0.3, 0.4) is 0 Å². The van der Waals surface area contributed by atoms with Gasteiger partial charge in [-0.1, -0.05) is 6.07 Å². The molecule has 3 nitrogen and oxygen atoms in total. The Morgan fingerprint density at radius 2 is 1.94 bits per heavy atom. The van der Waals surface area contributed by atoms with Crippen LogP contribution in [0.5, 0.6) is 0 Å². The van der Waals surface area contributed by atoms with Crippen LogP contribution < -0.4 is 4.72 Å². The van der Waals surface area contributed by atoms with Crippen LogP contribution in [-0.2, 0) is 10.0 Å². The van der Waals surface area contributed by atoms with Gasteiger partial charge in [-0.15, -0.1) is 11.8 Å². The van der Waals surface area contributed by atoms with Gasteiger partial charge in [0, 0.05) is 13.0 Å². The van der Waals surface area contributed by atoms with Crippen LogP contribution in [0.1, 0.15) is 24.5 Å². The number of hydrogen-bond donors (Lipinski definition) is 1. The molecule has 0 fully saturated rings. The second-order valence-electron chi connectivity index (χ2n) is 3.82. The second-order valence-corrected chi connectivity index (χ2v) is 5.59. The van der Waals surface area contributed by atoms with Gasteiger partial charge in [-0.05, 0) is 44.0 Å². The van der Waals surface area contributed by atoms with Crippen molar-refractivity contribution < 1.29 is 8.42 Å². The first-order valence-corrected chi connectivity index (χ1v) is 6.92. The van der Waals surface area contributed by atoms with E-state index < -0.39 is 10.0 Å². The van der Waals surface area contributed by atoms with E-state index in [1.165, 1.54) is 0 Å². The molecule has 0 aliphatic rings. The Morgan fingerprint density at radius 3 is 2.53 bits per heavy atom. The number of hydrogen-bond acceptors (Lipinski definition) is 2. The molecule has 0 heterocycles. The predicted octanol–water partition coefficient (Wildman–Crippen LogP) is 2.00. The maximum Gasteiger partial charge on any atom is 0.240 e. The number of aryl methyl sites for hydroxylation is 2. The molecule has 0 aromatic heterocycles. The van der Waals surface area contributed by atoms with Crippen LogP contribution in [0.15, 0.2) is 23.1 Å². The van der Waals surface area contributed by atoms with Crippen molar-refractivity contribution in [3.8, 4) is 11.8 Å². The minimum Gasteiger partial charge on any atom is -0.210 e. The zero-order chi connectivity index (χ0) is 12.9. The summed E-state index contributed by atoms with van der Waals surface area (Å²) in [6.45, 7) is 5.93. The van der Waals surface area contributed by atoms with Gasteiger partial charge in [-0.25, -0.2) is 13.1 Å². The van der Waals surface area contributed by atoms with Crippen molar-refractivity contribution in [3.05, 3.63) is 29.3 Å². The van der Waals surface area contributed by atoms with Crippen molar-refractivity contribution in [2.24, 2.45) is 0 Å². The molecule has 0 saturated heterocycles. The van der Waals surface area contributed by atoms with E-state index in [-0.39, 0.29) is 0 Å². The minimum absolute atomic E-state index is 0.310.